The summed E-state index contributed by atoms with van der Waals surface area (Å²) in [5, 5.41) is 3.17. The van der Waals surface area contributed by atoms with Gasteiger partial charge in [0.15, 0.2) is 6.29 Å². The Hall–Kier alpha value is -1.50. The Kier molecular flexibility index (Phi) is 6.28. The van der Waals surface area contributed by atoms with E-state index in [0.717, 1.165) is 57.2 Å². The van der Waals surface area contributed by atoms with Gasteiger partial charge in [-0.15, -0.1) is 0 Å². The van der Waals surface area contributed by atoms with E-state index in [-0.39, 0.29) is 23.4 Å². The van der Waals surface area contributed by atoms with Gasteiger partial charge in [-0.1, -0.05) is 25.0 Å². The van der Waals surface area contributed by atoms with E-state index in [1.807, 2.05) is 12.1 Å². The molecule has 2 saturated heterocycles. The third kappa shape index (κ3) is 4.56. The Morgan fingerprint density at radius 3 is 2.39 bits per heavy atom. The Labute approximate surface area is 166 Å². The second kappa shape index (κ2) is 8.89. The van der Waals surface area contributed by atoms with Crippen LogP contribution in [0.4, 0.5) is 4.39 Å². The summed E-state index contributed by atoms with van der Waals surface area (Å²) in [7, 11) is 0. The Morgan fingerprint density at radius 1 is 1.11 bits per heavy atom. The van der Waals surface area contributed by atoms with Crippen LogP contribution in [0.2, 0.25) is 0 Å². The number of piperidine rings is 1. The molecule has 0 unspecified atom stereocenters. The van der Waals surface area contributed by atoms with Gasteiger partial charge in [-0.3, -0.25) is 9.69 Å². The number of ether oxygens (including phenoxy) is 2. The average Bonchev–Trinajstić information content (AvgIpc) is 3.41. The molecule has 3 aliphatic rings. The van der Waals surface area contributed by atoms with E-state index in [1.54, 1.807) is 0 Å². The zero-order valence-electron chi connectivity index (χ0n) is 16.5. The highest BCUT2D eigenvalue weighted by molar-refractivity contribution is 5.78. The predicted molar refractivity (Wildman–Crippen MR) is 104 cm³/mol. The molecule has 154 valence electrons. The normalized spacial score (nSPS) is 23.9. The first-order valence-electron chi connectivity index (χ1n) is 10.6. The number of benzene rings is 1. The van der Waals surface area contributed by atoms with Crippen LogP contribution in [0.15, 0.2) is 24.3 Å². The number of nitrogens with zero attached hydrogens (tertiary/aromatic N) is 1. The fourth-order valence-electron chi connectivity index (χ4n) is 4.98. The second-order valence-electron chi connectivity index (χ2n) is 8.49. The number of hydrogen-bond donors (Lipinski definition) is 1. The molecule has 1 aliphatic carbocycles. The molecule has 6 heteroatoms. The van der Waals surface area contributed by atoms with Gasteiger partial charge in [0.1, 0.15) is 5.82 Å². The number of halogens is 1. The fourth-order valence-corrected chi connectivity index (χ4v) is 4.98. The monoisotopic (exact) mass is 390 g/mol. The van der Waals surface area contributed by atoms with Crippen molar-refractivity contribution in [2.75, 3.05) is 39.4 Å². The number of carbonyl (C=O) groups excluding carboxylic acids is 1. The van der Waals surface area contributed by atoms with Crippen LogP contribution in [0.25, 0.3) is 0 Å². The van der Waals surface area contributed by atoms with Gasteiger partial charge >= 0.3 is 0 Å². The number of nitrogens with one attached hydrogen (secondary N) is 1. The van der Waals surface area contributed by atoms with Crippen molar-refractivity contribution in [2.24, 2.45) is 5.92 Å². The number of amides is 1. The maximum absolute atomic E-state index is 13.3. The van der Waals surface area contributed by atoms with Gasteiger partial charge in [-0.25, -0.2) is 4.39 Å². The molecule has 3 fully saturated rings. The molecule has 0 aromatic heterocycles. The van der Waals surface area contributed by atoms with Crippen LogP contribution in [0.3, 0.4) is 0 Å². The van der Waals surface area contributed by atoms with E-state index in [4.69, 9.17) is 9.47 Å². The number of rotatable bonds is 6. The molecule has 0 spiro atoms. The predicted octanol–water partition coefficient (Wildman–Crippen LogP) is 2.84. The number of likely N-dealkylation sites (tertiary alicyclic amines) is 1. The second-order valence-corrected chi connectivity index (χ2v) is 8.49. The number of hydrogen-bond acceptors (Lipinski definition) is 4. The highest BCUT2D eigenvalue weighted by atomic mass is 19.1. The van der Waals surface area contributed by atoms with Crippen LogP contribution in [0.1, 0.15) is 44.1 Å². The highest BCUT2D eigenvalue weighted by Crippen LogP contribution is 2.40. The molecule has 1 amide bonds. The maximum atomic E-state index is 13.3. The van der Waals surface area contributed by atoms with Crippen LogP contribution in [-0.2, 0) is 19.7 Å². The summed E-state index contributed by atoms with van der Waals surface area (Å²) in [5.74, 6) is 0.319. The third-order valence-corrected chi connectivity index (χ3v) is 6.67. The smallest absolute Gasteiger partial charge is 0.234 e. The molecular weight excluding hydrogens is 359 g/mol. The van der Waals surface area contributed by atoms with Crippen molar-refractivity contribution in [1.82, 2.24) is 10.2 Å². The van der Waals surface area contributed by atoms with E-state index in [9.17, 15) is 9.18 Å². The molecule has 0 bridgehead atoms. The summed E-state index contributed by atoms with van der Waals surface area (Å²) in [4.78, 5) is 14.8. The summed E-state index contributed by atoms with van der Waals surface area (Å²) in [6.45, 7) is 4.29. The van der Waals surface area contributed by atoms with Crippen molar-refractivity contribution < 1.29 is 18.7 Å². The minimum atomic E-state index is -0.210. The first kappa shape index (κ1) is 19.8. The van der Waals surface area contributed by atoms with Gasteiger partial charge in [-0.05, 0) is 56.5 Å². The molecule has 0 atom stereocenters. The summed E-state index contributed by atoms with van der Waals surface area (Å²) >= 11 is 0. The molecule has 4 rings (SSSR count). The zero-order valence-corrected chi connectivity index (χ0v) is 16.5. The van der Waals surface area contributed by atoms with Crippen LogP contribution < -0.4 is 5.32 Å². The van der Waals surface area contributed by atoms with E-state index in [1.165, 1.54) is 12.1 Å². The summed E-state index contributed by atoms with van der Waals surface area (Å²) < 4.78 is 24.6. The molecule has 5 nitrogen and oxygen atoms in total. The van der Waals surface area contributed by atoms with Gasteiger partial charge in [0.05, 0.1) is 19.8 Å². The summed E-state index contributed by atoms with van der Waals surface area (Å²) in [6, 6.07) is 6.81. The molecule has 28 heavy (non-hydrogen) atoms. The molecule has 0 radical (unpaired) electrons. The molecule has 1 N–H and O–H groups in total. The number of carbonyl (C=O) groups is 1. The van der Waals surface area contributed by atoms with Gasteiger partial charge in [0.25, 0.3) is 0 Å². The van der Waals surface area contributed by atoms with E-state index in [0.29, 0.717) is 32.2 Å². The van der Waals surface area contributed by atoms with Crippen molar-refractivity contribution in [2.45, 2.75) is 50.2 Å². The van der Waals surface area contributed by atoms with Crippen molar-refractivity contribution in [3.05, 3.63) is 35.6 Å². The Morgan fingerprint density at radius 2 is 1.75 bits per heavy atom. The van der Waals surface area contributed by atoms with Crippen molar-refractivity contribution in [3.8, 4) is 0 Å². The average molecular weight is 390 g/mol. The van der Waals surface area contributed by atoms with Crippen molar-refractivity contribution >= 4 is 5.91 Å². The summed E-state index contributed by atoms with van der Waals surface area (Å²) in [5.41, 5.74) is 1.09. The van der Waals surface area contributed by atoms with Gasteiger partial charge in [0.2, 0.25) is 5.91 Å². The van der Waals surface area contributed by atoms with Crippen LogP contribution in [0.5, 0.6) is 0 Å². The SMILES string of the molecule is O=C(CN1CCC(C2OCCO2)CC1)NCC1(c2ccc(F)cc2)CCCC1. The molecule has 2 heterocycles. The van der Waals surface area contributed by atoms with Gasteiger partial charge in [0, 0.05) is 17.9 Å². The van der Waals surface area contributed by atoms with Gasteiger partial charge < -0.3 is 14.8 Å². The van der Waals surface area contributed by atoms with Crippen molar-refractivity contribution in [3.63, 3.8) is 0 Å². The molecule has 1 saturated carbocycles. The fraction of sp³-hybridized carbons (Fsp3) is 0.682. The van der Waals surface area contributed by atoms with Crippen LogP contribution in [-0.4, -0.2) is 56.5 Å². The van der Waals surface area contributed by atoms with Crippen LogP contribution in [0, 0.1) is 11.7 Å². The molecular formula is C22H31FN2O3. The maximum Gasteiger partial charge on any atom is 0.234 e. The third-order valence-electron chi connectivity index (χ3n) is 6.67. The summed E-state index contributed by atoms with van der Waals surface area (Å²) in [6.07, 6.45) is 6.39. The first-order chi connectivity index (χ1) is 13.6. The highest BCUT2D eigenvalue weighted by Gasteiger charge is 2.36. The Balaban J connectivity index is 1.26. The van der Waals surface area contributed by atoms with E-state index >= 15 is 0 Å². The van der Waals surface area contributed by atoms with Crippen LogP contribution >= 0.6 is 0 Å². The first-order valence-corrected chi connectivity index (χ1v) is 10.6. The standard InChI is InChI=1S/C22H31FN2O3/c23-19-5-3-18(4-6-19)22(9-1-2-10-22)16-24-20(26)15-25-11-7-17(8-12-25)21-27-13-14-28-21/h3-6,17,21H,1-2,7-16H2,(H,24,26). The largest absolute Gasteiger partial charge is 0.354 e. The van der Waals surface area contributed by atoms with E-state index < -0.39 is 0 Å². The molecule has 1 aromatic carbocycles. The van der Waals surface area contributed by atoms with Gasteiger partial charge in [-0.2, -0.15) is 0 Å². The topological polar surface area (TPSA) is 50.8 Å². The zero-order chi connectivity index (χ0) is 19.4. The minimum Gasteiger partial charge on any atom is -0.354 e. The lowest BCUT2D eigenvalue weighted by Crippen LogP contribution is -2.46. The lowest BCUT2D eigenvalue weighted by atomic mass is 9.79. The lowest BCUT2D eigenvalue weighted by Gasteiger charge is -2.34. The van der Waals surface area contributed by atoms with E-state index in [2.05, 4.69) is 10.2 Å². The Bertz CT molecular complexity index is 646. The molecule has 2 aliphatic heterocycles. The minimum absolute atomic E-state index is 0.0473. The van der Waals surface area contributed by atoms with Crippen molar-refractivity contribution in [1.29, 1.82) is 0 Å². The quantitative estimate of drug-likeness (QED) is 0.812. The molecule has 1 aromatic rings. The lowest BCUT2D eigenvalue weighted by molar-refractivity contribution is -0.124.